The number of hydrogen-bond donors (Lipinski definition) is 2. The van der Waals surface area contributed by atoms with Crippen LogP contribution in [-0.2, 0) is 4.74 Å². The number of phenolic OH excluding ortho intramolecular Hbond substituents is 2. The van der Waals surface area contributed by atoms with Gasteiger partial charge in [-0.05, 0) is 21.5 Å². The van der Waals surface area contributed by atoms with E-state index in [2.05, 4.69) is 15.9 Å². The number of aromatic hydroxyl groups is 2. The van der Waals surface area contributed by atoms with Crippen LogP contribution in [0.1, 0.15) is 0 Å². The van der Waals surface area contributed by atoms with Crippen LogP contribution in [0.25, 0.3) is 11.1 Å². The Bertz CT molecular complexity index is 569. The van der Waals surface area contributed by atoms with Crippen molar-refractivity contribution in [2.24, 2.45) is 0 Å². The van der Waals surface area contributed by atoms with Gasteiger partial charge in [-0.2, -0.15) is 0 Å². The lowest BCUT2D eigenvalue weighted by atomic mass is 10.0. The molecule has 0 aliphatic rings. The summed E-state index contributed by atoms with van der Waals surface area (Å²) in [7, 11) is 1.50. The zero-order valence-corrected chi connectivity index (χ0v) is 11.8. The number of methoxy groups -OCH3 is 1. The molecule has 2 aromatic rings. The minimum atomic E-state index is -0.0942. The van der Waals surface area contributed by atoms with Gasteiger partial charge < -0.3 is 19.7 Å². The Kier molecular flexibility index (Phi) is 4.29. The molecule has 19 heavy (non-hydrogen) atoms. The van der Waals surface area contributed by atoms with Gasteiger partial charge in [-0.15, -0.1) is 0 Å². The molecular formula is C14H13BrO4. The van der Waals surface area contributed by atoms with E-state index in [0.717, 1.165) is 5.56 Å². The topological polar surface area (TPSA) is 58.9 Å². The summed E-state index contributed by atoms with van der Waals surface area (Å²) < 4.78 is 10.7. The molecule has 0 aliphatic heterocycles. The fraction of sp³-hybridized carbons (Fsp3) is 0.143. The van der Waals surface area contributed by atoms with E-state index in [9.17, 15) is 10.2 Å². The summed E-state index contributed by atoms with van der Waals surface area (Å²) in [5.74, 6) is 0.187. The second kappa shape index (κ2) is 5.95. The summed E-state index contributed by atoms with van der Waals surface area (Å²) in [5.41, 5.74) is 1.29. The van der Waals surface area contributed by atoms with E-state index in [1.807, 2.05) is 30.3 Å². The number of ether oxygens (including phenoxy) is 2. The van der Waals surface area contributed by atoms with Crippen molar-refractivity contribution >= 4 is 15.9 Å². The number of benzene rings is 2. The van der Waals surface area contributed by atoms with E-state index in [0.29, 0.717) is 15.8 Å². The molecule has 0 radical (unpaired) electrons. The molecule has 0 aliphatic carbocycles. The lowest BCUT2D eigenvalue weighted by molar-refractivity contribution is 0.0507. The maximum Gasteiger partial charge on any atom is 0.188 e. The average molecular weight is 325 g/mol. The molecule has 0 atom stereocenters. The van der Waals surface area contributed by atoms with E-state index in [4.69, 9.17) is 9.47 Å². The molecule has 0 amide bonds. The summed E-state index contributed by atoms with van der Waals surface area (Å²) in [6, 6.07) is 10.6. The largest absolute Gasteiger partial charge is 0.507 e. The lowest BCUT2D eigenvalue weighted by Crippen LogP contribution is -2.01. The fourth-order valence-corrected chi connectivity index (χ4v) is 2.17. The number of phenols is 2. The van der Waals surface area contributed by atoms with E-state index < -0.39 is 0 Å². The van der Waals surface area contributed by atoms with Gasteiger partial charge in [-0.1, -0.05) is 30.3 Å². The van der Waals surface area contributed by atoms with Gasteiger partial charge in [0.2, 0.25) is 0 Å². The third kappa shape index (κ3) is 2.83. The first-order valence-electron chi connectivity index (χ1n) is 5.56. The van der Waals surface area contributed by atoms with Gasteiger partial charge in [0.15, 0.2) is 12.5 Å². The molecule has 2 rings (SSSR count). The van der Waals surface area contributed by atoms with Gasteiger partial charge in [0.05, 0.1) is 5.56 Å². The van der Waals surface area contributed by atoms with Crippen molar-refractivity contribution in [1.29, 1.82) is 0 Å². The Morgan fingerprint density at radius 3 is 2.42 bits per heavy atom. The fourth-order valence-electron chi connectivity index (χ4n) is 1.74. The van der Waals surface area contributed by atoms with E-state index >= 15 is 0 Å². The van der Waals surface area contributed by atoms with Crippen molar-refractivity contribution in [2.45, 2.75) is 0 Å². The zero-order chi connectivity index (χ0) is 13.8. The molecule has 0 aromatic heterocycles. The number of halogens is 1. The maximum absolute atomic E-state index is 10.0. The molecule has 0 bridgehead atoms. The lowest BCUT2D eigenvalue weighted by Gasteiger charge is -2.15. The predicted octanol–water partition coefficient (Wildman–Crippen LogP) is 3.51. The summed E-state index contributed by atoms with van der Waals surface area (Å²) in [5, 5.41) is 19.8. The molecule has 2 aromatic carbocycles. The SMILES string of the molecule is COCOc1c(Br)c(O)cc(O)c1-c1ccccc1. The van der Waals surface area contributed by atoms with Crippen LogP contribution in [-0.4, -0.2) is 24.1 Å². The third-order valence-electron chi connectivity index (χ3n) is 2.56. The summed E-state index contributed by atoms with van der Waals surface area (Å²) in [6.07, 6.45) is 0. The van der Waals surface area contributed by atoms with E-state index in [1.54, 1.807) is 0 Å². The molecule has 100 valence electrons. The Balaban J connectivity index is 2.61. The smallest absolute Gasteiger partial charge is 0.188 e. The highest BCUT2D eigenvalue weighted by molar-refractivity contribution is 9.10. The molecule has 2 N–H and O–H groups in total. The summed E-state index contributed by atoms with van der Waals surface area (Å²) >= 11 is 3.25. The Hall–Kier alpha value is -1.72. The standard InChI is InChI=1S/C14H13BrO4/c1-18-8-19-14-12(9-5-3-2-4-6-9)10(16)7-11(17)13(14)15/h2-7,16-17H,8H2,1H3. The summed E-state index contributed by atoms with van der Waals surface area (Å²) in [6.45, 7) is 0.0152. The molecule has 0 spiro atoms. The van der Waals surface area contributed by atoms with Crippen LogP contribution in [0.15, 0.2) is 40.9 Å². The first kappa shape index (κ1) is 13.7. The third-order valence-corrected chi connectivity index (χ3v) is 3.33. The quantitative estimate of drug-likeness (QED) is 0.845. The molecule has 0 heterocycles. The monoisotopic (exact) mass is 324 g/mol. The van der Waals surface area contributed by atoms with Gasteiger partial charge >= 0.3 is 0 Å². The van der Waals surface area contributed by atoms with E-state index in [1.165, 1.54) is 13.2 Å². The van der Waals surface area contributed by atoms with Crippen LogP contribution < -0.4 is 4.74 Å². The second-order valence-corrected chi connectivity index (χ2v) is 4.64. The minimum absolute atomic E-state index is 0.0152. The Morgan fingerprint density at radius 2 is 1.79 bits per heavy atom. The second-order valence-electron chi connectivity index (χ2n) is 3.85. The van der Waals surface area contributed by atoms with Gasteiger partial charge in [0, 0.05) is 13.2 Å². The Labute approximate surface area is 119 Å². The molecular weight excluding hydrogens is 312 g/mol. The molecule has 5 heteroatoms. The van der Waals surface area contributed by atoms with Gasteiger partial charge in [0.25, 0.3) is 0 Å². The van der Waals surface area contributed by atoms with Gasteiger partial charge in [0.1, 0.15) is 16.0 Å². The van der Waals surface area contributed by atoms with Crippen LogP contribution in [0.4, 0.5) is 0 Å². The van der Waals surface area contributed by atoms with Crippen LogP contribution in [0.5, 0.6) is 17.2 Å². The minimum Gasteiger partial charge on any atom is -0.507 e. The highest BCUT2D eigenvalue weighted by atomic mass is 79.9. The highest BCUT2D eigenvalue weighted by Crippen LogP contribution is 2.47. The normalized spacial score (nSPS) is 10.4. The van der Waals surface area contributed by atoms with Crippen molar-refractivity contribution in [3.8, 4) is 28.4 Å². The first-order chi connectivity index (χ1) is 9.15. The van der Waals surface area contributed by atoms with Crippen LogP contribution in [0, 0.1) is 0 Å². The number of hydrogen-bond acceptors (Lipinski definition) is 4. The molecule has 4 nitrogen and oxygen atoms in total. The molecule has 0 saturated carbocycles. The van der Waals surface area contributed by atoms with Crippen LogP contribution >= 0.6 is 15.9 Å². The molecule has 0 saturated heterocycles. The first-order valence-corrected chi connectivity index (χ1v) is 6.36. The van der Waals surface area contributed by atoms with Crippen molar-refractivity contribution in [2.75, 3.05) is 13.9 Å². The number of rotatable bonds is 4. The van der Waals surface area contributed by atoms with Crippen molar-refractivity contribution in [3.63, 3.8) is 0 Å². The van der Waals surface area contributed by atoms with Gasteiger partial charge in [-0.25, -0.2) is 0 Å². The van der Waals surface area contributed by atoms with Crippen molar-refractivity contribution < 1.29 is 19.7 Å². The highest BCUT2D eigenvalue weighted by Gasteiger charge is 2.19. The molecule has 0 fully saturated rings. The maximum atomic E-state index is 10.0. The average Bonchev–Trinajstić information content (AvgIpc) is 2.42. The molecule has 0 unspecified atom stereocenters. The van der Waals surface area contributed by atoms with Gasteiger partial charge in [-0.3, -0.25) is 0 Å². The zero-order valence-electron chi connectivity index (χ0n) is 10.3. The van der Waals surface area contributed by atoms with Crippen LogP contribution in [0.3, 0.4) is 0 Å². The Morgan fingerprint density at radius 1 is 1.11 bits per heavy atom. The van der Waals surface area contributed by atoms with Crippen molar-refractivity contribution in [1.82, 2.24) is 0 Å². The van der Waals surface area contributed by atoms with Crippen molar-refractivity contribution in [3.05, 3.63) is 40.9 Å². The van der Waals surface area contributed by atoms with Crippen LogP contribution in [0.2, 0.25) is 0 Å². The predicted molar refractivity (Wildman–Crippen MR) is 75.4 cm³/mol. The van der Waals surface area contributed by atoms with E-state index in [-0.39, 0.29) is 18.3 Å². The summed E-state index contributed by atoms with van der Waals surface area (Å²) in [4.78, 5) is 0.